The zero-order chi connectivity index (χ0) is 20.8. The highest BCUT2D eigenvalue weighted by Crippen LogP contribution is 2.30. The van der Waals surface area contributed by atoms with E-state index in [2.05, 4.69) is 10.6 Å². The molecule has 1 atom stereocenters. The number of carbonyl (C=O) groups is 2. The van der Waals surface area contributed by atoms with E-state index in [0.717, 1.165) is 16.9 Å². The molecule has 0 fully saturated rings. The van der Waals surface area contributed by atoms with Crippen molar-refractivity contribution in [3.05, 3.63) is 59.2 Å². The van der Waals surface area contributed by atoms with Crippen LogP contribution in [-0.2, 0) is 11.3 Å². The summed E-state index contributed by atoms with van der Waals surface area (Å²) in [6, 6.07) is 12.4. The van der Waals surface area contributed by atoms with Gasteiger partial charge in [0.05, 0.1) is 0 Å². The molecular weight excluding hydrogens is 368 g/mol. The molecule has 2 N–H and O–H groups in total. The van der Waals surface area contributed by atoms with Gasteiger partial charge >= 0.3 is 0 Å². The van der Waals surface area contributed by atoms with E-state index in [1.807, 2.05) is 57.2 Å². The first kappa shape index (κ1) is 20.7. The molecule has 29 heavy (non-hydrogen) atoms. The van der Waals surface area contributed by atoms with E-state index in [1.165, 1.54) is 0 Å². The zero-order valence-electron chi connectivity index (χ0n) is 17.2. The van der Waals surface area contributed by atoms with Crippen LogP contribution >= 0.6 is 0 Å². The summed E-state index contributed by atoms with van der Waals surface area (Å²) in [6.07, 6.45) is 0.560. The van der Waals surface area contributed by atoms with Crippen molar-refractivity contribution in [1.82, 2.24) is 10.6 Å². The molecule has 6 heteroatoms. The van der Waals surface area contributed by atoms with Gasteiger partial charge in [-0.3, -0.25) is 9.59 Å². The standard InChI is InChI=1S/C23H28N2O4/c1-15(2)12-19(25-22(26)18-7-5-4-6-16(18)3)23(27)24-14-17-8-9-20-21(13-17)29-11-10-28-20/h4-9,13,15,19H,10-12,14H2,1-3H3,(H,24,27)(H,25,26). The molecule has 1 aliphatic heterocycles. The molecule has 0 aliphatic carbocycles. The molecule has 1 aliphatic rings. The highest BCUT2D eigenvalue weighted by atomic mass is 16.6. The molecule has 0 aromatic heterocycles. The molecule has 0 saturated heterocycles. The summed E-state index contributed by atoms with van der Waals surface area (Å²) in [5.74, 6) is 1.24. The second-order valence-corrected chi connectivity index (χ2v) is 7.67. The highest BCUT2D eigenvalue weighted by molar-refractivity contribution is 5.98. The molecule has 0 bridgehead atoms. The average molecular weight is 396 g/mol. The van der Waals surface area contributed by atoms with Gasteiger partial charge in [-0.25, -0.2) is 0 Å². The fourth-order valence-corrected chi connectivity index (χ4v) is 3.28. The Labute approximate surface area is 171 Å². The van der Waals surface area contributed by atoms with Gasteiger partial charge < -0.3 is 20.1 Å². The number of aryl methyl sites for hydroxylation is 1. The first-order valence-corrected chi connectivity index (χ1v) is 9.96. The Morgan fingerprint density at radius 1 is 1.03 bits per heavy atom. The Balaban J connectivity index is 1.64. The minimum absolute atomic E-state index is 0.199. The molecular formula is C23H28N2O4. The third-order valence-electron chi connectivity index (χ3n) is 4.79. The van der Waals surface area contributed by atoms with Crippen LogP contribution < -0.4 is 20.1 Å². The van der Waals surface area contributed by atoms with Crippen LogP contribution in [0.15, 0.2) is 42.5 Å². The van der Waals surface area contributed by atoms with Crippen molar-refractivity contribution < 1.29 is 19.1 Å². The van der Waals surface area contributed by atoms with Crippen molar-refractivity contribution >= 4 is 11.8 Å². The number of amides is 2. The molecule has 154 valence electrons. The van der Waals surface area contributed by atoms with Gasteiger partial charge in [-0.05, 0) is 48.6 Å². The van der Waals surface area contributed by atoms with E-state index in [1.54, 1.807) is 6.07 Å². The van der Waals surface area contributed by atoms with Crippen LogP contribution in [0.4, 0.5) is 0 Å². The summed E-state index contributed by atoms with van der Waals surface area (Å²) in [7, 11) is 0. The fourth-order valence-electron chi connectivity index (χ4n) is 3.28. The van der Waals surface area contributed by atoms with E-state index in [4.69, 9.17) is 9.47 Å². The van der Waals surface area contributed by atoms with Gasteiger partial charge in [0.25, 0.3) is 5.91 Å². The molecule has 1 unspecified atom stereocenters. The molecule has 0 spiro atoms. The fraction of sp³-hybridized carbons (Fsp3) is 0.391. The molecule has 2 aromatic carbocycles. The lowest BCUT2D eigenvalue weighted by Gasteiger charge is -2.21. The van der Waals surface area contributed by atoms with E-state index >= 15 is 0 Å². The van der Waals surface area contributed by atoms with Gasteiger partial charge in [-0.1, -0.05) is 38.1 Å². The molecule has 0 saturated carbocycles. The first-order chi connectivity index (χ1) is 13.9. The lowest BCUT2D eigenvalue weighted by atomic mass is 10.0. The van der Waals surface area contributed by atoms with Crippen molar-refractivity contribution in [2.45, 2.75) is 39.8 Å². The monoisotopic (exact) mass is 396 g/mol. The lowest BCUT2D eigenvalue weighted by molar-refractivity contribution is -0.123. The Morgan fingerprint density at radius 2 is 1.76 bits per heavy atom. The number of carbonyl (C=O) groups excluding carboxylic acids is 2. The second kappa shape index (κ2) is 9.45. The van der Waals surface area contributed by atoms with Gasteiger partial charge in [0.15, 0.2) is 11.5 Å². The van der Waals surface area contributed by atoms with E-state index in [9.17, 15) is 9.59 Å². The summed E-state index contributed by atoms with van der Waals surface area (Å²) in [6.45, 7) is 7.35. The van der Waals surface area contributed by atoms with Crippen LogP contribution in [-0.4, -0.2) is 31.1 Å². The number of ether oxygens (including phenoxy) is 2. The predicted molar refractivity (Wildman–Crippen MR) is 111 cm³/mol. The van der Waals surface area contributed by atoms with Gasteiger partial charge in [0.2, 0.25) is 5.91 Å². The topological polar surface area (TPSA) is 76.7 Å². The maximum Gasteiger partial charge on any atom is 0.252 e. The van der Waals surface area contributed by atoms with Crippen molar-refractivity contribution in [2.24, 2.45) is 5.92 Å². The summed E-state index contributed by atoms with van der Waals surface area (Å²) in [5.41, 5.74) is 2.38. The quantitative estimate of drug-likeness (QED) is 0.753. The molecule has 3 rings (SSSR count). The van der Waals surface area contributed by atoms with Gasteiger partial charge in [0.1, 0.15) is 19.3 Å². The Hall–Kier alpha value is -3.02. The van der Waals surface area contributed by atoms with Crippen LogP contribution in [0, 0.1) is 12.8 Å². The van der Waals surface area contributed by atoms with Crippen molar-refractivity contribution in [2.75, 3.05) is 13.2 Å². The molecule has 0 radical (unpaired) electrons. The summed E-state index contributed by atoms with van der Waals surface area (Å²) < 4.78 is 11.1. The van der Waals surface area contributed by atoms with Crippen LogP contribution in [0.1, 0.15) is 41.8 Å². The third kappa shape index (κ3) is 5.50. The SMILES string of the molecule is Cc1ccccc1C(=O)NC(CC(C)C)C(=O)NCc1ccc2c(c1)OCCO2. The third-order valence-corrected chi connectivity index (χ3v) is 4.79. The number of rotatable bonds is 7. The number of hydrogen-bond acceptors (Lipinski definition) is 4. The Bertz CT molecular complexity index is 879. The van der Waals surface area contributed by atoms with E-state index in [0.29, 0.717) is 37.5 Å². The average Bonchev–Trinajstić information content (AvgIpc) is 2.71. The number of nitrogens with one attached hydrogen (secondary N) is 2. The molecule has 2 aromatic rings. The Morgan fingerprint density at radius 3 is 2.48 bits per heavy atom. The molecule has 2 amide bonds. The maximum absolute atomic E-state index is 12.8. The van der Waals surface area contributed by atoms with Crippen LogP contribution in [0.3, 0.4) is 0 Å². The lowest BCUT2D eigenvalue weighted by Crippen LogP contribution is -2.47. The molecule has 1 heterocycles. The summed E-state index contributed by atoms with van der Waals surface area (Å²) in [4.78, 5) is 25.5. The largest absolute Gasteiger partial charge is 0.486 e. The number of hydrogen-bond donors (Lipinski definition) is 2. The maximum atomic E-state index is 12.8. The predicted octanol–water partition coefficient (Wildman–Crippen LogP) is 3.23. The second-order valence-electron chi connectivity index (χ2n) is 7.67. The van der Waals surface area contributed by atoms with Gasteiger partial charge in [0, 0.05) is 12.1 Å². The van der Waals surface area contributed by atoms with E-state index < -0.39 is 6.04 Å². The first-order valence-electron chi connectivity index (χ1n) is 9.96. The van der Waals surface area contributed by atoms with Crippen molar-refractivity contribution in [1.29, 1.82) is 0 Å². The zero-order valence-corrected chi connectivity index (χ0v) is 17.2. The van der Waals surface area contributed by atoms with Crippen LogP contribution in [0.5, 0.6) is 11.5 Å². The van der Waals surface area contributed by atoms with Crippen LogP contribution in [0.2, 0.25) is 0 Å². The Kier molecular flexibility index (Phi) is 6.75. The van der Waals surface area contributed by atoms with Crippen LogP contribution in [0.25, 0.3) is 0 Å². The molecule has 6 nitrogen and oxygen atoms in total. The smallest absolute Gasteiger partial charge is 0.252 e. The van der Waals surface area contributed by atoms with Gasteiger partial charge in [-0.2, -0.15) is 0 Å². The number of benzene rings is 2. The van der Waals surface area contributed by atoms with Gasteiger partial charge in [-0.15, -0.1) is 0 Å². The summed E-state index contributed by atoms with van der Waals surface area (Å²) in [5, 5.41) is 5.83. The minimum Gasteiger partial charge on any atom is -0.486 e. The van der Waals surface area contributed by atoms with Crippen molar-refractivity contribution in [3.63, 3.8) is 0 Å². The number of fused-ring (bicyclic) bond motifs is 1. The summed E-state index contributed by atoms with van der Waals surface area (Å²) >= 11 is 0. The minimum atomic E-state index is -0.598. The van der Waals surface area contributed by atoms with Crippen molar-refractivity contribution in [3.8, 4) is 11.5 Å². The normalized spacial score (nSPS) is 13.7. The van der Waals surface area contributed by atoms with E-state index in [-0.39, 0.29) is 17.7 Å². The highest BCUT2D eigenvalue weighted by Gasteiger charge is 2.23.